The van der Waals surface area contributed by atoms with E-state index in [4.69, 9.17) is 9.84 Å². The smallest absolute Gasteiger partial charge is 0.0587 e. The monoisotopic (exact) mass is 358 g/mol. The molecule has 0 aliphatic carbocycles. The Bertz CT molecular complexity index is 402. The van der Waals surface area contributed by atoms with Crippen molar-refractivity contribution in [3.05, 3.63) is 28.2 Å². The molecule has 1 rings (SSSR count). The molecule has 0 bridgehead atoms. The lowest BCUT2D eigenvalue weighted by Crippen LogP contribution is -2.20. The van der Waals surface area contributed by atoms with Crippen LogP contribution >= 0.6 is 15.9 Å². The summed E-state index contributed by atoms with van der Waals surface area (Å²) in [5.41, 5.74) is 2.47. The van der Waals surface area contributed by atoms with Crippen molar-refractivity contribution >= 4 is 21.6 Å². The second kappa shape index (κ2) is 11.0. The average molecular weight is 359 g/mol. The fourth-order valence-corrected chi connectivity index (χ4v) is 2.86. The maximum atomic E-state index is 8.79. The summed E-state index contributed by atoms with van der Waals surface area (Å²) >= 11 is 3.66. The van der Waals surface area contributed by atoms with Gasteiger partial charge in [0.1, 0.15) is 0 Å². The summed E-state index contributed by atoms with van der Waals surface area (Å²) in [6.07, 6.45) is 3.06. The quantitative estimate of drug-likeness (QED) is 0.597. The molecule has 1 aromatic carbocycles. The van der Waals surface area contributed by atoms with Gasteiger partial charge in [-0.3, -0.25) is 0 Å². The van der Waals surface area contributed by atoms with Gasteiger partial charge in [-0.15, -0.1) is 0 Å². The summed E-state index contributed by atoms with van der Waals surface area (Å²) in [6.45, 7) is 3.74. The van der Waals surface area contributed by atoms with Crippen molar-refractivity contribution in [2.75, 3.05) is 45.4 Å². The molecule has 0 aliphatic rings. The molecule has 1 aromatic rings. The van der Waals surface area contributed by atoms with Gasteiger partial charge in [0.15, 0.2) is 0 Å². The maximum absolute atomic E-state index is 8.79. The Labute approximate surface area is 136 Å². The van der Waals surface area contributed by atoms with Gasteiger partial charge in [0.05, 0.1) is 12.3 Å². The molecule has 0 spiro atoms. The van der Waals surface area contributed by atoms with E-state index in [0.717, 1.165) is 50.0 Å². The van der Waals surface area contributed by atoms with Crippen molar-refractivity contribution in [2.45, 2.75) is 25.8 Å². The molecule has 2 N–H and O–H groups in total. The zero-order valence-corrected chi connectivity index (χ0v) is 14.7. The maximum Gasteiger partial charge on any atom is 0.0587 e. The number of rotatable bonds is 11. The van der Waals surface area contributed by atoms with Crippen LogP contribution in [0, 0.1) is 0 Å². The standard InChI is InChI=1S/C16H27BrN2O2/c1-19(9-4-3-5-10-20)16-7-6-14(12-15(16)17)13-18-8-11-21-2/h6-7,12,18,20H,3-5,8-11,13H2,1-2H3. The number of anilines is 1. The van der Waals surface area contributed by atoms with Crippen LogP contribution in [0.5, 0.6) is 0 Å². The Morgan fingerprint density at radius 3 is 2.76 bits per heavy atom. The van der Waals surface area contributed by atoms with Gasteiger partial charge in [-0.25, -0.2) is 0 Å². The first kappa shape index (κ1) is 18.4. The summed E-state index contributed by atoms with van der Waals surface area (Å²) in [7, 11) is 3.82. The van der Waals surface area contributed by atoms with Crippen molar-refractivity contribution in [2.24, 2.45) is 0 Å². The van der Waals surface area contributed by atoms with Crippen molar-refractivity contribution in [1.29, 1.82) is 0 Å². The second-order valence-corrected chi connectivity index (χ2v) is 6.02. The Balaban J connectivity index is 2.45. The molecule has 0 aliphatic heterocycles. The number of unbranched alkanes of at least 4 members (excludes halogenated alkanes) is 2. The van der Waals surface area contributed by atoms with Gasteiger partial charge >= 0.3 is 0 Å². The number of hydrogen-bond donors (Lipinski definition) is 2. The summed E-state index contributed by atoms with van der Waals surface area (Å²) < 4.78 is 6.14. The van der Waals surface area contributed by atoms with E-state index in [1.165, 1.54) is 11.3 Å². The number of nitrogens with one attached hydrogen (secondary N) is 1. The van der Waals surface area contributed by atoms with E-state index in [1.807, 2.05) is 0 Å². The number of aliphatic hydroxyl groups is 1. The molecule has 0 heterocycles. The highest BCUT2D eigenvalue weighted by molar-refractivity contribution is 9.10. The van der Waals surface area contributed by atoms with Gasteiger partial charge in [-0.1, -0.05) is 6.07 Å². The largest absolute Gasteiger partial charge is 0.396 e. The topological polar surface area (TPSA) is 44.7 Å². The molecular formula is C16H27BrN2O2. The number of halogens is 1. The van der Waals surface area contributed by atoms with E-state index in [2.05, 4.69) is 51.4 Å². The van der Waals surface area contributed by atoms with Gasteiger partial charge < -0.3 is 20.1 Å². The molecule has 0 radical (unpaired) electrons. The van der Waals surface area contributed by atoms with Crippen LogP contribution in [0.2, 0.25) is 0 Å². The Kier molecular flexibility index (Phi) is 9.67. The number of ether oxygens (including phenoxy) is 1. The van der Waals surface area contributed by atoms with Crippen LogP contribution in [0.4, 0.5) is 5.69 Å². The van der Waals surface area contributed by atoms with Gasteiger partial charge in [0, 0.05) is 44.9 Å². The highest BCUT2D eigenvalue weighted by Gasteiger charge is 2.06. The van der Waals surface area contributed by atoms with E-state index in [1.54, 1.807) is 7.11 Å². The third-order valence-electron chi connectivity index (χ3n) is 3.39. The predicted octanol–water partition coefficient (Wildman–Crippen LogP) is 2.78. The van der Waals surface area contributed by atoms with E-state index in [9.17, 15) is 0 Å². The van der Waals surface area contributed by atoms with Gasteiger partial charge in [0.25, 0.3) is 0 Å². The van der Waals surface area contributed by atoms with Crippen molar-refractivity contribution in [1.82, 2.24) is 5.32 Å². The summed E-state index contributed by atoms with van der Waals surface area (Å²) in [6, 6.07) is 6.48. The number of hydrogen-bond acceptors (Lipinski definition) is 4. The molecule has 5 heteroatoms. The number of benzene rings is 1. The lowest BCUT2D eigenvalue weighted by Gasteiger charge is -2.21. The second-order valence-electron chi connectivity index (χ2n) is 5.16. The molecule has 0 amide bonds. The van der Waals surface area contributed by atoms with Crippen LogP contribution in [0.1, 0.15) is 24.8 Å². The first-order valence-corrected chi connectivity index (χ1v) is 8.28. The van der Waals surface area contributed by atoms with Crippen LogP contribution < -0.4 is 10.2 Å². The van der Waals surface area contributed by atoms with Crippen molar-refractivity contribution < 1.29 is 9.84 Å². The van der Waals surface area contributed by atoms with E-state index < -0.39 is 0 Å². The van der Waals surface area contributed by atoms with Crippen LogP contribution in [0.25, 0.3) is 0 Å². The molecule has 0 aromatic heterocycles. The zero-order valence-electron chi connectivity index (χ0n) is 13.1. The fraction of sp³-hybridized carbons (Fsp3) is 0.625. The summed E-state index contributed by atoms with van der Waals surface area (Å²) in [5, 5.41) is 12.1. The minimum absolute atomic E-state index is 0.290. The molecule has 120 valence electrons. The molecule has 4 nitrogen and oxygen atoms in total. The summed E-state index contributed by atoms with van der Waals surface area (Å²) in [4.78, 5) is 2.25. The first-order valence-electron chi connectivity index (χ1n) is 7.49. The van der Waals surface area contributed by atoms with Crippen LogP contribution in [0.15, 0.2) is 22.7 Å². The average Bonchev–Trinajstić information content (AvgIpc) is 2.48. The lowest BCUT2D eigenvalue weighted by molar-refractivity contribution is 0.199. The van der Waals surface area contributed by atoms with Crippen LogP contribution in [-0.2, 0) is 11.3 Å². The molecule has 0 unspecified atom stereocenters. The Hall–Kier alpha value is -0.620. The highest BCUT2D eigenvalue weighted by atomic mass is 79.9. The van der Waals surface area contributed by atoms with E-state index >= 15 is 0 Å². The van der Waals surface area contributed by atoms with Gasteiger partial charge in [-0.05, 0) is 52.9 Å². The predicted molar refractivity (Wildman–Crippen MR) is 91.9 cm³/mol. The Morgan fingerprint density at radius 1 is 1.29 bits per heavy atom. The molecular weight excluding hydrogens is 332 g/mol. The minimum atomic E-state index is 0.290. The van der Waals surface area contributed by atoms with Crippen LogP contribution in [0.3, 0.4) is 0 Å². The van der Waals surface area contributed by atoms with Crippen LogP contribution in [-0.4, -0.2) is 45.6 Å². The van der Waals surface area contributed by atoms with E-state index in [-0.39, 0.29) is 6.61 Å². The molecule has 0 saturated carbocycles. The van der Waals surface area contributed by atoms with Gasteiger partial charge in [0.2, 0.25) is 0 Å². The number of nitrogens with zero attached hydrogens (tertiary/aromatic N) is 1. The molecule has 0 fully saturated rings. The zero-order chi connectivity index (χ0) is 15.5. The molecule has 21 heavy (non-hydrogen) atoms. The number of aliphatic hydroxyl groups excluding tert-OH is 1. The van der Waals surface area contributed by atoms with Crippen molar-refractivity contribution in [3.8, 4) is 0 Å². The Morgan fingerprint density at radius 2 is 2.10 bits per heavy atom. The third-order valence-corrected chi connectivity index (χ3v) is 4.02. The molecule has 0 saturated heterocycles. The molecule has 0 atom stereocenters. The fourth-order valence-electron chi connectivity index (χ4n) is 2.13. The van der Waals surface area contributed by atoms with Gasteiger partial charge in [-0.2, -0.15) is 0 Å². The lowest BCUT2D eigenvalue weighted by atomic mass is 10.2. The van der Waals surface area contributed by atoms with E-state index in [0.29, 0.717) is 0 Å². The first-order chi connectivity index (χ1) is 10.2. The summed E-state index contributed by atoms with van der Waals surface area (Å²) in [5.74, 6) is 0. The minimum Gasteiger partial charge on any atom is -0.396 e. The third kappa shape index (κ3) is 7.27. The normalized spacial score (nSPS) is 10.9. The highest BCUT2D eigenvalue weighted by Crippen LogP contribution is 2.26. The van der Waals surface area contributed by atoms with Crippen molar-refractivity contribution in [3.63, 3.8) is 0 Å². The SMILES string of the molecule is COCCNCc1ccc(N(C)CCCCCO)c(Br)c1. The number of methoxy groups -OCH3 is 1.